The van der Waals surface area contributed by atoms with Crippen molar-refractivity contribution in [3.8, 4) is 11.5 Å². The summed E-state index contributed by atoms with van der Waals surface area (Å²) >= 11 is 0. The van der Waals surface area contributed by atoms with E-state index in [0.717, 1.165) is 24.1 Å². The van der Waals surface area contributed by atoms with E-state index in [4.69, 9.17) is 5.11 Å². The van der Waals surface area contributed by atoms with Gasteiger partial charge in [-0.15, -0.1) is 0 Å². The lowest BCUT2D eigenvalue weighted by atomic mass is 9.43. The van der Waals surface area contributed by atoms with Gasteiger partial charge in [0.1, 0.15) is 17.0 Å². The van der Waals surface area contributed by atoms with Crippen LogP contribution in [0.2, 0.25) is 0 Å². The average molecular weight is 441 g/mol. The molecule has 0 aliphatic heterocycles. The minimum Gasteiger partial charge on any atom is -0.506 e. The molecular formula is C24H27NO7. The molecule has 2 unspecified atom stereocenters. The number of anilines is 1. The number of aliphatic hydroxyl groups excluding tert-OH is 1. The van der Waals surface area contributed by atoms with Crippen molar-refractivity contribution < 1.29 is 34.8 Å². The van der Waals surface area contributed by atoms with E-state index < -0.39 is 45.9 Å². The van der Waals surface area contributed by atoms with Crippen molar-refractivity contribution in [2.75, 3.05) is 5.32 Å². The van der Waals surface area contributed by atoms with E-state index in [2.05, 4.69) is 11.9 Å². The Labute approximate surface area is 185 Å². The first kappa shape index (κ1) is 22.1. The number of fused-ring (bicyclic) bond motifs is 2. The molecule has 8 heteroatoms. The summed E-state index contributed by atoms with van der Waals surface area (Å²) in [6.45, 7) is 5.99. The number of amides is 1. The summed E-state index contributed by atoms with van der Waals surface area (Å²) in [5.74, 6) is -3.24. The van der Waals surface area contributed by atoms with E-state index in [-0.39, 0.29) is 36.1 Å². The number of aromatic carboxylic acids is 1. The lowest BCUT2D eigenvalue weighted by molar-refractivity contribution is -0.148. The van der Waals surface area contributed by atoms with E-state index in [1.165, 1.54) is 6.08 Å². The maximum absolute atomic E-state index is 13.0. The standard InChI is InChI=1S/C24H27NO7/c1-12-11-24-8-5-17(27)23(2,16(24)9-13(12)10-18(24)28)7-6-19(29)25-20-15(26)4-3-14(21(20)30)22(31)32/h3-5,8,13,16,18,26,28,30H,1,6-7,9-11H2,2H3,(H,25,29)(H,31,32)/t13-,16?,18-,23-,24?/m0/s1. The summed E-state index contributed by atoms with van der Waals surface area (Å²) in [5.41, 5.74) is -1.16. The van der Waals surface area contributed by atoms with E-state index in [0.29, 0.717) is 12.8 Å². The Morgan fingerprint density at radius 3 is 2.66 bits per heavy atom. The molecule has 0 radical (unpaired) electrons. The van der Waals surface area contributed by atoms with Crippen LogP contribution in [0.1, 0.15) is 49.4 Å². The fourth-order valence-electron chi connectivity index (χ4n) is 5.91. The van der Waals surface area contributed by atoms with Crippen LogP contribution < -0.4 is 5.32 Å². The molecule has 3 saturated carbocycles. The molecule has 1 spiro atoms. The Kier molecular flexibility index (Phi) is 5.16. The lowest BCUT2D eigenvalue weighted by Gasteiger charge is -2.61. The Morgan fingerprint density at radius 2 is 1.97 bits per heavy atom. The normalized spacial score (nSPS) is 33.1. The predicted molar refractivity (Wildman–Crippen MR) is 115 cm³/mol. The minimum atomic E-state index is -1.40. The van der Waals surface area contributed by atoms with Crippen LogP contribution in [-0.2, 0) is 9.59 Å². The van der Waals surface area contributed by atoms with Crippen molar-refractivity contribution in [1.82, 2.24) is 0 Å². The molecular weight excluding hydrogens is 414 g/mol. The molecule has 1 aromatic carbocycles. The molecule has 0 saturated heterocycles. The maximum Gasteiger partial charge on any atom is 0.339 e. The van der Waals surface area contributed by atoms with Crippen LogP contribution >= 0.6 is 0 Å². The molecule has 4 aliphatic carbocycles. The molecule has 0 heterocycles. The summed E-state index contributed by atoms with van der Waals surface area (Å²) < 4.78 is 0. The van der Waals surface area contributed by atoms with Crippen LogP contribution in [-0.4, -0.2) is 44.2 Å². The molecule has 32 heavy (non-hydrogen) atoms. The Morgan fingerprint density at radius 1 is 1.25 bits per heavy atom. The first-order valence-electron chi connectivity index (χ1n) is 10.7. The molecule has 1 amide bonds. The highest BCUT2D eigenvalue weighted by Gasteiger charge is 2.61. The number of ketones is 1. The Balaban J connectivity index is 1.54. The van der Waals surface area contributed by atoms with Gasteiger partial charge in [0.15, 0.2) is 11.5 Å². The average Bonchev–Trinajstić information content (AvgIpc) is 2.73. The number of carboxylic acids is 1. The van der Waals surface area contributed by atoms with Crippen molar-refractivity contribution in [2.24, 2.45) is 22.7 Å². The first-order valence-corrected chi connectivity index (χ1v) is 10.7. The lowest BCUT2D eigenvalue weighted by Crippen LogP contribution is -2.59. The largest absolute Gasteiger partial charge is 0.506 e. The van der Waals surface area contributed by atoms with Gasteiger partial charge >= 0.3 is 5.97 Å². The van der Waals surface area contributed by atoms with Gasteiger partial charge in [-0.2, -0.15) is 0 Å². The highest BCUT2D eigenvalue weighted by atomic mass is 16.4. The number of allylic oxidation sites excluding steroid dienone is 2. The van der Waals surface area contributed by atoms with Crippen molar-refractivity contribution in [3.05, 3.63) is 42.0 Å². The molecule has 3 fully saturated rings. The van der Waals surface area contributed by atoms with Gasteiger partial charge in [-0.3, -0.25) is 9.59 Å². The van der Waals surface area contributed by atoms with Crippen molar-refractivity contribution in [3.63, 3.8) is 0 Å². The SMILES string of the molecule is C=C1CC23C=CC(=O)[C@@](C)(CCC(=O)Nc4c(O)ccc(C(=O)O)c4O)C2C[C@H]1C[C@@H]3O. The summed E-state index contributed by atoms with van der Waals surface area (Å²) in [6.07, 6.45) is 4.89. The monoisotopic (exact) mass is 441 g/mol. The zero-order valence-corrected chi connectivity index (χ0v) is 17.8. The molecule has 170 valence electrons. The van der Waals surface area contributed by atoms with Crippen molar-refractivity contribution in [1.29, 1.82) is 0 Å². The van der Waals surface area contributed by atoms with Gasteiger partial charge in [0.05, 0.1) is 6.10 Å². The van der Waals surface area contributed by atoms with Crippen LogP contribution in [0.25, 0.3) is 0 Å². The third kappa shape index (κ3) is 3.21. The number of carbonyl (C=O) groups is 3. The quantitative estimate of drug-likeness (QED) is 0.349. The number of nitrogens with one attached hydrogen (secondary N) is 1. The smallest absolute Gasteiger partial charge is 0.339 e. The van der Waals surface area contributed by atoms with E-state index in [9.17, 15) is 29.7 Å². The summed E-state index contributed by atoms with van der Waals surface area (Å²) in [6, 6.07) is 2.11. The van der Waals surface area contributed by atoms with E-state index in [1.807, 2.05) is 13.0 Å². The zero-order chi connectivity index (χ0) is 23.4. The number of aliphatic hydroxyl groups is 1. The molecule has 1 aromatic rings. The molecule has 0 aromatic heterocycles. The van der Waals surface area contributed by atoms with Gasteiger partial charge in [-0.25, -0.2) is 4.79 Å². The second kappa shape index (κ2) is 7.48. The van der Waals surface area contributed by atoms with Gasteiger partial charge in [-0.1, -0.05) is 25.2 Å². The number of benzene rings is 1. The topological polar surface area (TPSA) is 144 Å². The molecule has 5 atom stereocenters. The Hall–Kier alpha value is -3.13. The molecule has 5 rings (SSSR count). The third-order valence-electron chi connectivity index (χ3n) is 7.81. The predicted octanol–water partition coefficient (Wildman–Crippen LogP) is 2.99. The number of rotatable bonds is 5. The maximum atomic E-state index is 13.0. The van der Waals surface area contributed by atoms with Crippen LogP contribution in [0.3, 0.4) is 0 Å². The van der Waals surface area contributed by atoms with Gasteiger partial charge in [0, 0.05) is 17.3 Å². The van der Waals surface area contributed by atoms with E-state index in [1.54, 1.807) is 0 Å². The fourth-order valence-corrected chi connectivity index (χ4v) is 5.91. The van der Waals surface area contributed by atoms with Crippen molar-refractivity contribution >= 4 is 23.3 Å². The Bertz CT molecular complexity index is 1060. The molecule has 5 N–H and O–H groups in total. The van der Waals surface area contributed by atoms with Crippen LogP contribution in [0.5, 0.6) is 11.5 Å². The summed E-state index contributed by atoms with van der Waals surface area (Å²) in [5, 5.41) is 42.4. The highest BCUT2D eigenvalue weighted by molar-refractivity contribution is 6.00. The minimum absolute atomic E-state index is 0.0828. The fraction of sp³-hybridized carbons (Fsp3) is 0.458. The number of carboxylic acid groups (broad SMARTS) is 1. The van der Waals surface area contributed by atoms with Crippen LogP contribution in [0.15, 0.2) is 36.4 Å². The molecule has 2 bridgehead atoms. The zero-order valence-electron chi connectivity index (χ0n) is 17.8. The number of carbonyl (C=O) groups excluding carboxylic acids is 2. The van der Waals surface area contributed by atoms with Crippen LogP contribution in [0.4, 0.5) is 5.69 Å². The highest BCUT2D eigenvalue weighted by Crippen LogP contribution is 2.64. The van der Waals surface area contributed by atoms with Gasteiger partial charge in [-0.05, 0) is 55.7 Å². The second-order valence-electron chi connectivity index (χ2n) is 9.51. The van der Waals surface area contributed by atoms with Gasteiger partial charge in [0.2, 0.25) is 5.91 Å². The summed E-state index contributed by atoms with van der Waals surface area (Å²) in [4.78, 5) is 36.8. The first-order chi connectivity index (χ1) is 15.0. The number of hydrogen-bond donors (Lipinski definition) is 5. The van der Waals surface area contributed by atoms with Crippen LogP contribution in [0, 0.1) is 22.7 Å². The second-order valence-corrected chi connectivity index (χ2v) is 9.51. The number of phenolic OH excluding ortho intramolecular Hbond substituents is 1. The van der Waals surface area contributed by atoms with E-state index >= 15 is 0 Å². The third-order valence-corrected chi connectivity index (χ3v) is 7.81. The summed E-state index contributed by atoms with van der Waals surface area (Å²) in [7, 11) is 0. The van der Waals surface area contributed by atoms with Gasteiger partial charge < -0.3 is 25.7 Å². The molecule has 4 aliphatic rings. The number of phenols is 2. The van der Waals surface area contributed by atoms with Gasteiger partial charge in [0.25, 0.3) is 0 Å². The number of aromatic hydroxyl groups is 2. The molecule has 8 nitrogen and oxygen atoms in total. The van der Waals surface area contributed by atoms with Crippen molar-refractivity contribution in [2.45, 2.75) is 45.1 Å². The number of hydrogen-bond acceptors (Lipinski definition) is 6.